The molecule has 1 heterocycles. The highest BCUT2D eigenvalue weighted by molar-refractivity contribution is 7.99. The lowest BCUT2D eigenvalue weighted by molar-refractivity contribution is 0.510. The van der Waals surface area contributed by atoms with Crippen molar-refractivity contribution in [2.45, 2.75) is 51.2 Å². The van der Waals surface area contributed by atoms with Crippen molar-refractivity contribution < 1.29 is 0 Å². The molecule has 0 aliphatic heterocycles. The van der Waals surface area contributed by atoms with Crippen LogP contribution in [0.25, 0.3) is 0 Å². The molecule has 0 aliphatic rings. The maximum absolute atomic E-state index is 4.14. The van der Waals surface area contributed by atoms with E-state index in [9.17, 15) is 0 Å². The predicted molar refractivity (Wildman–Crippen MR) is 73.5 cm³/mol. The Kier molecular flexibility index (Phi) is 6.58. The molecular weight excluding hydrogens is 232 g/mol. The van der Waals surface area contributed by atoms with Crippen molar-refractivity contribution in [1.82, 2.24) is 20.1 Å². The van der Waals surface area contributed by atoms with Gasteiger partial charge < -0.3 is 9.88 Å². The number of aromatic nitrogens is 3. The SMILES string of the molecule is CCCNC(C)CCCSc1nnc(C)n1C. The summed E-state index contributed by atoms with van der Waals surface area (Å²) in [5.41, 5.74) is 0. The summed E-state index contributed by atoms with van der Waals surface area (Å²) in [7, 11) is 2.02. The topological polar surface area (TPSA) is 42.7 Å². The van der Waals surface area contributed by atoms with Gasteiger partial charge in [0, 0.05) is 18.8 Å². The minimum atomic E-state index is 0.622. The van der Waals surface area contributed by atoms with E-state index in [2.05, 4.69) is 29.4 Å². The van der Waals surface area contributed by atoms with Crippen LogP contribution >= 0.6 is 11.8 Å². The maximum Gasteiger partial charge on any atom is 0.190 e. The maximum atomic E-state index is 4.14. The summed E-state index contributed by atoms with van der Waals surface area (Å²) in [4.78, 5) is 0. The zero-order valence-corrected chi connectivity index (χ0v) is 12.2. The normalized spacial score (nSPS) is 12.9. The zero-order chi connectivity index (χ0) is 12.7. The molecule has 17 heavy (non-hydrogen) atoms. The van der Waals surface area contributed by atoms with E-state index in [4.69, 9.17) is 0 Å². The molecule has 1 aromatic heterocycles. The van der Waals surface area contributed by atoms with Crippen LogP contribution in [0.5, 0.6) is 0 Å². The monoisotopic (exact) mass is 256 g/mol. The lowest BCUT2D eigenvalue weighted by Crippen LogP contribution is -2.26. The van der Waals surface area contributed by atoms with E-state index in [1.165, 1.54) is 19.3 Å². The van der Waals surface area contributed by atoms with Crippen LogP contribution in [0.2, 0.25) is 0 Å². The molecule has 0 radical (unpaired) electrons. The third-order valence-corrected chi connectivity index (χ3v) is 3.91. The lowest BCUT2D eigenvalue weighted by atomic mass is 10.2. The lowest BCUT2D eigenvalue weighted by Gasteiger charge is -2.12. The Labute approximate surface area is 109 Å². The molecule has 0 amide bonds. The minimum absolute atomic E-state index is 0.622. The van der Waals surface area contributed by atoms with Gasteiger partial charge in [0.2, 0.25) is 0 Å². The van der Waals surface area contributed by atoms with Gasteiger partial charge in [0.1, 0.15) is 5.82 Å². The Morgan fingerprint density at radius 2 is 2.18 bits per heavy atom. The molecule has 0 bridgehead atoms. The number of rotatable bonds is 8. The summed E-state index contributed by atoms with van der Waals surface area (Å²) < 4.78 is 2.05. The Morgan fingerprint density at radius 1 is 1.41 bits per heavy atom. The van der Waals surface area contributed by atoms with Gasteiger partial charge >= 0.3 is 0 Å². The fraction of sp³-hybridized carbons (Fsp3) is 0.833. The van der Waals surface area contributed by atoms with Crippen molar-refractivity contribution in [1.29, 1.82) is 0 Å². The standard InChI is InChI=1S/C12H24N4S/c1-5-8-13-10(2)7-6-9-17-12-15-14-11(3)16(12)4/h10,13H,5-9H2,1-4H3. The summed E-state index contributed by atoms with van der Waals surface area (Å²) >= 11 is 1.80. The fourth-order valence-corrected chi connectivity index (χ4v) is 2.48. The van der Waals surface area contributed by atoms with E-state index in [1.807, 2.05) is 18.5 Å². The van der Waals surface area contributed by atoms with E-state index >= 15 is 0 Å². The molecule has 0 saturated carbocycles. The van der Waals surface area contributed by atoms with Gasteiger partial charge in [-0.3, -0.25) is 0 Å². The minimum Gasteiger partial charge on any atom is -0.314 e. The van der Waals surface area contributed by atoms with Crippen LogP contribution in [0, 0.1) is 6.92 Å². The Morgan fingerprint density at radius 3 is 2.76 bits per heavy atom. The Hall–Kier alpha value is -0.550. The number of hydrogen-bond acceptors (Lipinski definition) is 4. The van der Waals surface area contributed by atoms with Gasteiger partial charge in [0.05, 0.1) is 0 Å². The molecule has 0 aromatic carbocycles. The first-order valence-corrected chi connectivity index (χ1v) is 7.35. The van der Waals surface area contributed by atoms with Crippen molar-refractivity contribution in [3.63, 3.8) is 0 Å². The Bertz CT molecular complexity index is 324. The molecular formula is C12H24N4S. The van der Waals surface area contributed by atoms with E-state index in [0.29, 0.717) is 6.04 Å². The first kappa shape index (κ1) is 14.5. The van der Waals surface area contributed by atoms with Gasteiger partial charge in [-0.25, -0.2) is 0 Å². The third-order valence-electron chi connectivity index (χ3n) is 2.81. The van der Waals surface area contributed by atoms with E-state index in [0.717, 1.165) is 23.3 Å². The average molecular weight is 256 g/mol. The highest BCUT2D eigenvalue weighted by Gasteiger charge is 2.05. The van der Waals surface area contributed by atoms with Crippen molar-refractivity contribution >= 4 is 11.8 Å². The van der Waals surface area contributed by atoms with Crippen LogP contribution < -0.4 is 5.32 Å². The van der Waals surface area contributed by atoms with Gasteiger partial charge in [-0.05, 0) is 39.7 Å². The van der Waals surface area contributed by atoms with Crippen molar-refractivity contribution in [3.05, 3.63) is 5.82 Å². The van der Waals surface area contributed by atoms with Gasteiger partial charge in [-0.2, -0.15) is 0 Å². The fourth-order valence-electron chi connectivity index (χ4n) is 1.56. The second-order valence-electron chi connectivity index (χ2n) is 4.43. The first-order valence-electron chi connectivity index (χ1n) is 6.37. The summed E-state index contributed by atoms with van der Waals surface area (Å²) in [5, 5.41) is 12.7. The average Bonchev–Trinajstić information content (AvgIpc) is 2.63. The van der Waals surface area contributed by atoms with Gasteiger partial charge in [0.25, 0.3) is 0 Å². The van der Waals surface area contributed by atoms with Gasteiger partial charge in [-0.15, -0.1) is 10.2 Å². The number of aryl methyl sites for hydroxylation is 1. The molecule has 1 aromatic rings. The predicted octanol–water partition coefficient (Wildman–Crippen LogP) is 2.38. The molecule has 5 heteroatoms. The number of nitrogens with zero attached hydrogens (tertiary/aromatic N) is 3. The van der Waals surface area contributed by atoms with Crippen molar-refractivity contribution in [2.75, 3.05) is 12.3 Å². The third kappa shape index (κ3) is 5.08. The number of thioether (sulfide) groups is 1. The number of hydrogen-bond donors (Lipinski definition) is 1. The molecule has 1 unspecified atom stereocenters. The van der Waals surface area contributed by atoms with Crippen LogP contribution in [0.4, 0.5) is 0 Å². The number of nitrogens with one attached hydrogen (secondary N) is 1. The Balaban J connectivity index is 2.14. The largest absolute Gasteiger partial charge is 0.314 e. The van der Waals surface area contributed by atoms with Crippen molar-refractivity contribution in [2.24, 2.45) is 7.05 Å². The van der Waals surface area contributed by atoms with Gasteiger partial charge in [0.15, 0.2) is 5.16 Å². The van der Waals surface area contributed by atoms with Crippen LogP contribution in [-0.4, -0.2) is 33.1 Å². The van der Waals surface area contributed by atoms with Crippen LogP contribution in [-0.2, 0) is 7.05 Å². The van der Waals surface area contributed by atoms with Crippen LogP contribution in [0.1, 0.15) is 38.9 Å². The molecule has 1 rings (SSSR count). The zero-order valence-electron chi connectivity index (χ0n) is 11.4. The molecule has 0 aliphatic carbocycles. The summed E-state index contributed by atoms with van der Waals surface area (Å²) in [5.74, 6) is 2.09. The summed E-state index contributed by atoms with van der Waals surface area (Å²) in [6, 6.07) is 0.622. The molecule has 0 saturated heterocycles. The molecule has 4 nitrogen and oxygen atoms in total. The highest BCUT2D eigenvalue weighted by Crippen LogP contribution is 2.17. The molecule has 1 atom stereocenters. The second-order valence-corrected chi connectivity index (χ2v) is 5.50. The molecule has 0 fully saturated rings. The quantitative estimate of drug-likeness (QED) is 0.573. The van der Waals surface area contributed by atoms with E-state index < -0.39 is 0 Å². The van der Waals surface area contributed by atoms with E-state index in [-0.39, 0.29) is 0 Å². The summed E-state index contributed by atoms with van der Waals surface area (Å²) in [6.45, 7) is 7.56. The summed E-state index contributed by atoms with van der Waals surface area (Å²) in [6.07, 6.45) is 3.65. The van der Waals surface area contributed by atoms with Crippen molar-refractivity contribution in [3.8, 4) is 0 Å². The second kappa shape index (κ2) is 7.71. The van der Waals surface area contributed by atoms with Crippen LogP contribution in [0.15, 0.2) is 5.16 Å². The van der Waals surface area contributed by atoms with E-state index in [1.54, 1.807) is 11.8 Å². The highest BCUT2D eigenvalue weighted by atomic mass is 32.2. The molecule has 0 spiro atoms. The van der Waals surface area contributed by atoms with Gasteiger partial charge in [-0.1, -0.05) is 18.7 Å². The molecule has 98 valence electrons. The smallest absolute Gasteiger partial charge is 0.190 e. The first-order chi connectivity index (χ1) is 8.15. The van der Waals surface area contributed by atoms with Crippen LogP contribution in [0.3, 0.4) is 0 Å². The molecule has 1 N–H and O–H groups in total.